The van der Waals surface area contributed by atoms with Crippen LogP contribution in [0, 0.1) is 5.41 Å². The lowest BCUT2D eigenvalue weighted by Crippen LogP contribution is -2.65. The summed E-state index contributed by atoms with van der Waals surface area (Å²) in [6.45, 7) is 0.155. The molecule has 0 aromatic heterocycles. The van der Waals surface area contributed by atoms with Crippen LogP contribution in [0.1, 0.15) is 12.8 Å². The molecule has 4 N–H and O–H groups in total. The zero-order valence-electron chi connectivity index (χ0n) is 10.3. The van der Waals surface area contributed by atoms with Gasteiger partial charge in [0, 0.05) is 0 Å². The first-order valence-electron chi connectivity index (χ1n) is 6.06. The van der Waals surface area contributed by atoms with Gasteiger partial charge >= 0.3 is 0 Å². The molecule has 0 unspecified atom stereocenters. The lowest BCUT2D eigenvalue weighted by Gasteiger charge is -2.36. The Hall–Kier alpha value is -2.02. The second kappa shape index (κ2) is 4.93. The second-order valence-corrected chi connectivity index (χ2v) is 4.64. The van der Waals surface area contributed by atoms with Crippen molar-refractivity contribution in [1.82, 2.24) is 10.6 Å². The highest BCUT2D eigenvalue weighted by atomic mass is 16.2. The summed E-state index contributed by atoms with van der Waals surface area (Å²) in [6, 6.07) is -1.16. The van der Waals surface area contributed by atoms with Crippen LogP contribution >= 0.6 is 0 Å². The van der Waals surface area contributed by atoms with E-state index in [2.05, 4.69) is 10.6 Å². The molecule has 2 rings (SSSR count). The fourth-order valence-electron chi connectivity index (χ4n) is 2.52. The molecule has 2 amide bonds. The summed E-state index contributed by atoms with van der Waals surface area (Å²) in [5, 5.41) is 4.83. The molecule has 1 saturated heterocycles. The van der Waals surface area contributed by atoms with Gasteiger partial charge in [0.25, 0.3) is 0 Å². The Morgan fingerprint density at radius 3 is 2.42 bits per heavy atom. The first kappa shape index (κ1) is 13.4. The Kier molecular flexibility index (Phi) is 3.48. The zero-order chi connectivity index (χ0) is 14.0. The Bertz CT molecular complexity index is 465. The van der Waals surface area contributed by atoms with Gasteiger partial charge in [-0.15, -0.1) is 0 Å². The van der Waals surface area contributed by atoms with Gasteiger partial charge in [0.1, 0.15) is 11.5 Å². The first-order chi connectivity index (χ1) is 9.02. The van der Waals surface area contributed by atoms with Crippen LogP contribution in [0.15, 0.2) is 12.2 Å². The van der Waals surface area contributed by atoms with E-state index < -0.39 is 34.8 Å². The monoisotopic (exact) mass is 265 g/mol. The lowest BCUT2D eigenvalue weighted by atomic mass is 9.71. The standard InChI is InChI=1S/C12H15N3O4/c13-5-1-4-12(7(16)2-3-8(12)17)10-11(19)14-6-9(18)15-10/h2-3,10H,1,4-6,13H2,(H,14,19)(H,15,18)/t10-/m1/s1. The van der Waals surface area contributed by atoms with E-state index in [0.29, 0.717) is 13.0 Å². The smallest absolute Gasteiger partial charge is 0.244 e. The van der Waals surface area contributed by atoms with Crippen LogP contribution in [-0.4, -0.2) is 42.5 Å². The maximum Gasteiger partial charge on any atom is 0.244 e. The summed E-state index contributed by atoms with van der Waals surface area (Å²) in [4.78, 5) is 47.5. The molecular formula is C12H15N3O4. The number of hydrogen-bond donors (Lipinski definition) is 3. The summed E-state index contributed by atoms with van der Waals surface area (Å²) in [6.07, 6.45) is 2.88. The molecule has 7 nitrogen and oxygen atoms in total. The van der Waals surface area contributed by atoms with Gasteiger partial charge in [-0.3, -0.25) is 19.2 Å². The fourth-order valence-corrected chi connectivity index (χ4v) is 2.52. The minimum absolute atomic E-state index is 0.141. The van der Waals surface area contributed by atoms with Crippen LogP contribution in [0.2, 0.25) is 0 Å². The van der Waals surface area contributed by atoms with Crippen LogP contribution in [0.5, 0.6) is 0 Å². The molecule has 0 bridgehead atoms. The van der Waals surface area contributed by atoms with E-state index >= 15 is 0 Å². The maximum atomic E-state index is 12.1. The number of carbonyl (C=O) groups is 4. The van der Waals surface area contributed by atoms with Gasteiger partial charge in [-0.2, -0.15) is 0 Å². The fraction of sp³-hybridized carbons (Fsp3) is 0.500. The molecular weight excluding hydrogens is 250 g/mol. The molecule has 7 heteroatoms. The van der Waals surface area contributed by atoms with E-state index in [1.165, 1.54) is 0 Å². The number of nitrogens with one attached hydrogen (secondary N) is 2. The van der Waals surface area contributed by atoms with Crippen molar-refractivity contribution < 1.29 is 19.2 Å². The summed E-state index contributed by atoms with van der Waals surface area (Å²) < 4.78 is 0. The SMILES string of the molecule is NCCCC1([C@@H]2NC(=O)CNC2=O)C(=O)C=CC1=O. The number of carbonyl (C=O) groups excluding carboxylic acids is 4. The van der Waals surface area contributed by atoms with Gasteiger partial charge in [-0.1, -0.05) is 0 Å². The molecule has 1 atom stereocenters. The Labute approximate surface area is 109 Å². The van der Waals surface area contributed by atoms with Crippen LogP contribution in [0.3, 0.4) is 0 Å². The number of nitrogens with two attached hydrogens (primary N) is 1. The van der Waals surface area contributed by atoms with E-state index in [9.17, 15) is 19.2 Å². The van der Waals surface area contributed by atoms with E-state index in [-0.39, 0.29) is 13.0 Å². The number of piperazine rings is 1. The quantitative estimate of drug-likeness (QED) is 0.510. The normalized spacial score (nSPS) is 25.4. The van der Waals surface area contributed by atoms with E-state index in [4.69, 9.17) is 5.73 Å². The number of amides is 2. The molecule has 0 saturated carbocycles. The van der Waals surface area contributed by atoms with Crippen LogP contribution < -0.4 is 16.4 Å². The minimum Gasteiger partial charge on any atom is -0.345 e. The molecule has 1 aliphatic carbocycles. The van der Waals surface area contributed by atoms with Crippen molar-refractivity contribution in [3.63, 3.8) is 0 Å². The third-order valence-electron chi connectivity index (χ3n) is 3.52. The predicted octanol–water partition coefficient (Wildman–Crippen LogP) is -1.97. The van der Waals surface area contributed by atoms with Crippen LogP contribution in [0.25, 0.3) is 0 Å². The summed E-state index contributed by atoms with van der Waals surface area (Å²) in [7, 11) is 0. The van der Waals surface area contributed by atoms with Gasteiger partial charge < -0.3 is 16.4 Å². The Balaban J connectivity index is 2.37. The maximum absolute atomic E-state index is 12.1. The highest BCUT2D eigenvalue weighted by Crippen LogP contribution is 2.36. The number of rotatable bonds is 4. The van der Waals surface area contributed by atoms with Crippen LogP contribution in [0.4, 0.5) is 0 Å². The summed E-state index contributed by atoms with van der Waals surface area (Å²) >= 11 is 0. The average molecular weight is 265 g/mol. The van der Waals surface area contributed by atoms with Crippen molar-refractivity contribution in [2.24, 2.45) is 11.1 Å². The van der Waals surface area contributed by atoms with Crippen molar-refractivity contribution in [3.05, 3.63) is 12.2 Å². The molecule has 1 aliphatic heterocycles. The van der Waals surface area contributed by atoms with Gasteiger partial charge in [-0.25, -0.2) is 0 Å². The van der Waals surface area contributed by atoms with Gasteiger partial charge in [0.15, 0.2) is 11.6 Å². The highest BCUT2D eigenvalue weighted by Gasteiger charge is 2.56. The molecule has 0 radical (unpaired) electrons. The Morgan fingerprint density at radius 2 is 1.84 bits per heavy atom. The van der Waals surface area contributed by atoms with Crippen molar-refractivity contribution in [2.75, 3.05) is 13.1 Å². The third kappa shape index (κ3) is 2.06. The van der Waals surface area contributed by atoms with Crippen molar-refractivity contribution in [1.29, 1.82) is 0 Å². The minimum atomic E-state index is -1.53. The average Bonchev–Trinajstić information content (AvgIpc) is 2.67. The Morgan fingerprint density at radius 1 is 1.21 bits per heavy atom. The molecule has 19 heavy (non-hydrogen) atoms. The molecule has 1 fully saturated rings. The van der Waals surface area contributed by atoms with E-state index in [0.717, 1.165) is 12.2 Å². The topological polar surface area (TPSA) is 118 Å². The van der Waals surface area contributed by atoms with Gasteiger partial charge in [-0.05, 0) is 31.5 Å². The zero-order valence-corrected chi connectivity index (χ0v) is 10.3. The number of hydrogen-bond acceptors (Lipinski definition) is 5. The largest absolute Gasteiger partial charge is 0.345 e. The molecule has 1 heterocycles. The van der Waals surface area contributed by atoms with E-state index in [1.54, 1.807) is 0 Å². The van der Waals surface area contributed by atoms with Crippen LogP contribution in [-0.2, 0) is 19.2 Å². The number of ketones is 2. The molecule has 102 valence electrons. The lowest BCUT2D eigenvalue weighted by molar-refractivity contribution is -0.146. The molecule has 2 aliphatic rings. The summed E-state index contributed by atoms with van der Waals surface area (Å²) in [5.74, 6) is -1.83. The first-order valence-corrected chi connectivity index (χ1v) is 6.06. The van der Waals surface area contributed by atoms with E-state index in [1.807, 2.05) is 0 Å². The molecule has 0 aromatic carbocycles. The van der Waals surface area contributed by atoms with Crippen molar-refractivity contribution >= 4 is 23.4 Å². The van der Waals surface area contributed by atoms with Crippen molar-refractivity contribution in [3.8, 4) is 0 Å². The predicted molar refractivity (Wildman–Crippen MR) is 64.8 cm³/mol. The molecule has 0 aromatic rings. The van der Waals surface area contributed by atoms with Crippen molar-refractivity contribution in [2.45, 2.75) is 18.9 Å². The highest BCUT2D eigenvalue weighted by molar-refractivity contribution is 6.25. The van der Waals surface area contributed by atoms with Gasteiger partial charge in [0.2, 0.25) is 11.8 Å². The third-order valence-corrected chi connectivity index (χ3v) is 3.52. The number of allylic oxidation sites excluding steroid dienone is 2. The van der Waals surface area contributed by atoms with Gasteiger partial charge in [0.05, 0.1) is 6.54 Å². The second-order valence-electron chi connectivity index (χ2n) is 4.64. The summed E-state index contributed by atoms with van der Waals surface area (Å²) in [5.41, 5.74) is 3.89. The molecule has 0 spiro atoms.